The molecule has 19 heavy (non-hydrogen) atoms. The lowest BCUT2D eigenvalue weighted by Crippen LogP contribution is -2.49. The van der Waals surface area contributed by atoms with E-state index in [2.05, 4.69) is 36.3 Å². The van der Waals surface area contributed by atoms with Crippen LogP contribution in [0.4, 0.5) is 0 Å². The van der Waals surface area contributed by atoms with Gasteiger partial charge in [-0.3, -0.25) is 9.69 Å². The van der Waals surface area contributed by atoms with E-state index in [4.69, 9.17) is 0 Å². The largest absolute Gasteiger partial charge is 0.340 e. The molecule has 0 spiro atoms. The van der Waals surface area contributed by atoms with Crippen molar-refractivity contribution in [3.05, 3.63) is 22.4 Å². The van der Waals surface area contributed by atoms with Crippen LogP contribution in [0.5, 0.6) is 0 Å². The van der Waals surface area contributed by atoms with Crippen LogP contribution < -0.4 is 0 Å². The van der Waals surface area contributed by atoms with Crippen molar-refractivity contribution < 1.29 is 4.79 Å². The van der Waals surface area contributed by atoms with Gasteiger partial charge in [0.2, 0.25) is 5.91 Å². The van der Waals surface area contributed by atoms with Gasteiger partial charge in [-0.15, -0.1) is 11.3 Å². The molecule has 0 aromatic carbocycles. The summed E-state index contributed by atoms with van der Waals surface area (Å²) in [5, 5.41) is 2.13. The predicted octanol–water partition coefficient (Wildman–Crippen LogP) is 2.83. The first-order valence-electron chi connectivity index (χ1n) is 7.24. The van der Waals surface area contributed by atoms with Gasteiger partial charge in [0.15, 0.2) is 0 Å². The van der Waals surface area contributed by atoms with E-state index in [0.29, 0.717) is 5.91 Å². The molecule has 1 aliphatic rings. The highest BCUT2D eigenvalue weighted by Gasteiger charge is 2.24. The van der Waals surface area contributed by atoms with Gasteiger partial charge in [-0.25, -0.2) is 0 Å². The maximum atomic E-state index is 12.2. The van der Waals surface area contributed by atoms with Gasteiger partial charge in [0.25, 0.3) is 0 Å². The molecule has 1 amide bonds. The van der Waals surface area contributed by atoms with Gasteiger partial charge in [0.1, 0.15) is 0 Å². The van der Waals surface area contributed by atoms with Crippen molar-refractivity contribution in [2.75, 3.05) is 26.2 Å². The molecule has 3 nitrogen and oxygen atoms in total. The SMILES string of the molecule is CCCC(C)C(=O)N1CCN(Cc2cccs2)CC1. The zero-order valence-corrected chi connectivity index (χ0v) is 12.8. The molecule has 1 aromatic heterocycles. The lowest BCUT2D eigenvalue weighted by Gasteiger charge is -2.35. The summed E-state index contributed by atoms with van der Waals surface area (Å²) >= 11 is 1.81. The molecule has 2 heterocycles. The quantitative estimate of drug-likeness (QED) is 0.828. The third kappa shape index (κ3) is 4.05. The standard InChI is InChI=1S/C15H24N2OS/c1-3-5-13(2)15(18)17-9-7-16(8-10-17)12-14-6-4-11-19-14/h4,6,11,13H,3,5,7-10,12H2,1-2H3. The summed E-state index contributed by atoms with van der Waals surface area (Å²) in [6, 6.07) is 4.29. The van der Waals surface area contributed by atoms with Crippen molar-refractivity contribution in [3.63, 3.8) is 0 Å². The Labute approximate surface area is 120 Å². The number of piperazine rings is 1. The molecule has 0 bridgehead atoms. The van der Waals surface area contributed by atoms with E-state index in [1.165, 1.54) is 4.88 Å². The van der Waals surface area contributed by atoms with E-state index < -0.39 is 0 Å². The van der Waals surface area contributed by atoms with Gasteiger partial charge >= 0.3 is 0 Å². The monoisotopic (exact) mass is 280 g/mol. The Hall–Kier alpha value is -0.870. The van der Waals surface area contributed by atoms with Crippen molar-refractivity contribution in [1.82, 2.24) is 9.80 Å². The first-order valence-corrected chi connectivity index (χ1v) is 8.12. The average molecular weight is 280 g/mol. The van der Waals surface area contributed by atoms with Crippen LogP contribution >= 0.6 is 11.3 Å². The first-order chi connectivity index (χ1) is 9.20. The second-order valence-corrected chi connectivity index (χ2v) is 6.40. The summed E-state index contributed by atoms with van der Waals surface area (Å²) in [5.41, 5.74) is 0. The van der Waals surface area contributed by atoms with Crippen LogP contribution in [-0.4, -0.2) is 41.9 Å². The number of thiophene rings is 1. The lowest BCUT2D eigenvalue weighted by molar-refractivity contribution is -0.137. The second kappa shape index (κ2) is 7.06. The van der Waals surface area contributed by atoms with Crippen LogP contribution in [0.1, 0.15) is 31.6 Å². The van der Waals surface area contributed by atoms with Crippen LogP contribution in [-0.2, 0) is 11.3 Å². The van der Waals surface area contributed by atoms with Gasteiger partial charge in [-0.2, -0.15) is 0 Å². The number of hydrogen-bond donors (Lipinski definition) is 0. The molecule has 1 fully saturated rings. The van der Waals surface area contributed by atoms with Crippen LogP contribution in [0.3, 0.4) is 0 Å². The number of carbonyl (C=O) groups excluding carboxylic acids is 1. The van der Waals surface area contributed by atoms with E-state index in [0.717, 1.165) is 45.6 Å². The van der Waals surface area contributed by atoms with Gasteiger partial charge in [0, 0.05) is 43.5 Å². The van der Waals surface area contributed by atoms with Crippen LogP contribution in [0.2, 0.25) is 0 Å². The Morgan fingerprint density at radius 1 is 1.37 bits per heavy atom. The van der Waals surface area contributed by atoms with Gasteiger partial charge in [0.05, 0.1) is 0 Å². The predicted molar refractivity (Wildman–Crippen MR) is 80.2 cm³/mol. The van der Waals surface area contributed by atoms with E-state index in [1.54, 1.807) is 0 Å². The molecule has 4 heteroatoms. The Morgan fingerprint density at radius 3 is 2.68 bits per heavy atom. The number of nitrogens with zero attached hydrogens (tertiary/aromatic N) is 2. The normalized spacial score (nSPS) is 18.5. The van der Waals surface area contributed by atoms with Crippen LogP contribution in [0, 0.1) is 5.92 Å². The van der Waals surface area contributed by atoms with E-state index in [-0.39, 0.29) is 5.92 Å². The summed E-state index contributed by atoms with van der Waals surface area (Å²) < 4.78 is 0. The topological polar surface area (TPSA) is 23.6 Å². The van der Waals surface area contributed by atoms with E-state index in [1.807, 2.05) is 16.2 Å². The third-order valence-electron chi connectivity index (χ3n) is 3.79. The van der Waals surface area contributed by atoms with Crippen LogP contribution in [0.15, 0.2) is 17.5 Å². The minimum Gasteiger partial charge on any atom is -0.340 e. The Kier molecular flexibility index (Phi) is 5.40. The molecule has 2 rings (SSSR count). The highest BCUT2D eigenvalue weighted by Crippen LogP contribution is 2.15. The van der Waals surface area contributed by atoms with Gasteiger partial charge in [-0.05, 0) is 17.9 Å². The van der Waals surface area contributed by atoms with Crippen LogP contribution in [0.25, 0.3) is 0 Å². The molecule has 0 saturated carbocycles. The van der Waals surface area contributed by atoms with Gasteiger partial charge in [-0.1, -0.05) is 26.3 Å². The average Bonchev–Trinajstić information content (AvgIpc) is 2.92. The fourth-order valence-electron chi connectivity index (χ4n) is 2.62. The highest BCUT2D eigenvalue weighted by atomic mass is 32.1. The molecule has 0 radical (unpaired) electrons. The summed E-state index contributed by atoms with van der Waals surface area (Å²) in [6.45, 7) is 9.01. The number of amides is 1. The number of rotatable bonds is 5. The molecule has 1 saturated heterocycles. The molecule has 0 aliphatic carbocycles. The molecular formula is C15H24N2OS. The minimum atomic E-state index is 0.189. The molecule has 1 atom stereocenters. The van der Waals surface area contributed by atoms with E-state index >= 15 is 0 Å². The van der Waals surface area contributed by atoms with Crippen molar-refractivity contribution in [1.29, 1.82) is 0 Å². The zero-order chi connectivity index (χ0) is 13.7. The molecular weight excluding hydrogens is 256 g/mol. The molecule has 1 aromatic rings. The summed E-state index contributed by atoms with van der Waals surface area (Å²) in [5.74, 6) is 0.534. The lowest BCUT2D eigenvalue weighted by atomic mass is 10.0. The van der Waals surface area contributed by atoms with Crippen molar-refractivity contribution in [2.45, 2.75) is 33.2 Å². The minimum absolute atomic E-state index is 0.189. The summed E-state index contributed by atoms with van der Waals surface area (Å²) in [6.07, 6.45) is 2.10. The Balaban J connectivity index is 1.77. The number of carbonyl (C=O) groups is 1. The first kappa shape index (κ1) is 14.5. The fourth-order valence-corrected chi connectivity index (χ4v) is 3.36. The molecule has 1 unspecified atom stereocenters. The molecule has 106 valence electrons. The Bertz CT molecular complexity index is 383. The van der Waals surface area contributed by atoms with E-state index in [9.17, 15) is 4.79 Å². The Morgan fingerprint density at radius 2 is 2.11 bits per heavy atom. The molecule has 1 aliphatic heterocycles. The third-order valence-corrected chi connectivity index (χ3v) is 4.65. The number of hydrogen-bond acceptors (Lipinski definition) is 3. The van der Waals surface area contributed by atoms with Crippen molar-refractivity contribution >= 4 is 17.2 Å². The maximum Gasteiger partial charge on any atom is 0.225 e. The molecule has 0 N–H and O–H groups in total. The fraction of sp³-hybridized carbons (Fsp3) is 0.667. The van der Waals surface area contributed by atoms with Gasteiger partial charge < -0.3 is 4.90 Å². The maximum absolute atomic E-state index is 12.2. The smallest absolute Gasteiger partial charge is 0.225 e. The summed E-state index contributed by atoms with van der Waals surface area (Å²) in [4.78, 5) is 18.1. The van der Waals surface area contributed by atoms with Crippen molar-refractivity contribution in [2.24, 2.45) is 5.92 Å². The van der Waals surface area contributed by atoms with Crippen molar-refractivity contribution in [3.8, 4) is 0 Å². The zero-order valence-electron chi connectivity index (χ0n) is 12.0. The second-order valence-electron chi connectivity index (χ2n) is 5.37. The highest BCUT2D eigenvalue weighted by molar-refractivity contribution is 7.09. The summed E-state index contributed by atoms with van der Waals surface area (Å²) in [7, 11) is 0.